The summed E-state index contributed by atoms with van der Waals surface area (Å²) in [6, 6.07) is 0. The molecule has 0 aliphatic heterocycles. The van der Waals surface area contributed by atoms with E-state index in [1.807, 2.05) is 5.57 Å². The molecule has 186 valence electrons. The van der Waals surface area contributed by atoms with E-state index in [4.69, 9.17) is 5.73 Å². The van der Waals surface area contributed by atoms with E-state index < -0.39 is 0 Å². The second-order valence-corrected chi connectivity index (χ2v) is 12.3. The van der Waals surface area contributed by atoms with Gasteiger partial charge in [0.1, 0.15) is 0 Å². The van der Waals surface area contributed by atoms with Gasteiger partial charge in [-0.1, -0.05) is 75.5 Å². The molecule has 4 aliphatic carbocycles. The van der Waals surface area contributed by atoms with Crippen molar-refractivity contribution in [3.8, 4) is 0 Å². The van der Waals surface area contributed by atoms with E-state index in [0.29, 0.717) is 6.54 Å². The summed E-state index contributed by atoms with van der Waals surface area (Å²) < 4.78 is 0. The molecule has 0 radical (unpaired) electrons. The Balaban J connectivity index is 1.38. The molecule has 1 nitrogen and oxygen atoms in total. The SMILES string of the molecule is CC(C/C=C\CN)C1CCCCC1C(C)C1C=CC(C2CCCCC2C2=CCCCC2)CC1. The van der Waals surface area contributed by atoms with Crippen molar-refractivity contribution < 1.29 is 0 Å². The molecule has 8 unspecified atom stereocenters. The molecule has 0 amide bonds. The van der Waals surface area contributed by atoms with Crippen LogP contribution < -0.4 is 5.73 Å². The molecular weight excluding hydrogens is 398 g/mol. The fraction of sp³-hybridized carbons (Fsp3) is 0.812. The van der Waals surface area contributed by atoms with Crippen LogP contribution in [0.2, 0.25) is 0 Å². The fourth-order valence-electron chi connectivity index (χ4n) is 8.44. The van der Waals surface area contributed by atoms with Gasteiger partial charge in [-0.3, -0.25) is 0 Å². The lowest BCUT2D eigenvalue weighted by atomic mass is 9.61. The molecule has 0 aromatic heterocycles. The van der Waals surface area contributed by atoms with E-state index >= 15 is 0 Å². The summed E-state index contributed by atoms with van der Waals surface area (Å²) in [4.78, 5) is 0. The van der Waals surface area contributed by atoms with E-state index in [1.54, 1.807) is 0 Å². The van der Waals surface area contributed by atoms with E-state index in [9.17, 15) is 0 Å². The molecule has 2 saturated carbocycles. The topological polar surface area (TPSA) is 26.0 Å². The molecule has 4 rings (SSSR count). The van der Waals surface area contributed by atoms with Crippen LogP contribution in [-0.4, -0.2) is 6.54 Å². The monoisotopic (exact) mass is 451 g/mol. The van der Waals surface area contributed by atoms with Crippen LogP contribution in [0.3, 0.4) is 0 Å². The molecule has 1 heteroatoms. The van der Waals surface area contributed by atoms with Crippen molar-refractivity contribution in [2.45, 2.75) is 110 Å². The summed E-state index contributed by atoms with van der Waals surface area (Å²) in [5.41, 5.74) is 7.54. The zero-order chi connectivity index (χ0) is 23.0. The van der Waals surface area contributed by atoms with Gasteiger partial charge in [0, 0.05) is 6.54 Å². The maximum atomic E-state index is 5.68. The van der Waals surface area contributed by atoms with Crippen molar-refractivity contribution in [3.05, 3.63) is 36.0 Å². The Morgan fingerprint density at radius 1 is 0.848 bits per heavy atom. The van der Waals surface area contributed by atoms with Gasteiger partial charge < -0.3 is 5.73 Å². The largest absolute Gasteiger partial charge is 0.327 e. The average molecular weight is 452 g/mol. The van der Waals surface area contributed by atoms with Gasteiger partial charge in [-0.05, 0) is 118 Å². The third-order valence-corrected chi connectivity index (χ3v) is 10.4. The zero-order valence-corrected chi connectivity index (χ0v) is 21.9. The van der Waals surface area contributed by atoms with Crippen LogP contribution >= 0.6 is 0 Å². The highest BCUT2D eigenvalue weighted by atomic mass is 14.5. The van der Waals surface area contributed by atoms with Crippen molar-refractivity contribution in [1.82, 2.24) is 0 Å². The van der Waals surface area contributed by atoms with Crippen LogP contribution in [0, 0.1) is 47.3 Å². The Labute approximate surface area is 205 Å². The van der Waals surface area contributed by atoms with Gasteiger partial charge in [-0.25, -0.2) is 0 Å². The first-order chi connectivity index (χ1) is 16.2. The Morgan fingerprint density at radius 3 is 2.36 bits per heavy atom. The summed E-state index contributed by atoms with van der Waals surface area (Å²) in [6.45, 7) is 5.80. The lowest BCUT2D eigenvalue weighted by Crippen LogP contribution is -2.35. The van der Waals surface area contributed by atoms with Crippen LogP contribution in [0.25, 0.3) is 0 Å². The van der Waals surface area contributed by atoms with Gasteiger partial charge in [-0.15, -0.1) is 0 Å². The van der Waals surface area contributed by atoms with Crippen molar-refractivity contribution in [1.29, 1.82) is 0 Å². The maximum Gasteiger partial charge on any atom is 0.0106 e. The van der Waals surface area contributed by atoms with Gasteiger partial charge in [0.05, 0.1) is 0 Å². The number of nitrogens with two attached hydrogens (primary N) is 1. The molecule has 0 aromatic rings. The molecular formula is C32H53N. The van der Waals surface area contributed by atoms with Gasteiger partial charge >= 0.3 is 0 Å². The second kappa shape index (κ2) is 12.8. The maximum absolute atomic E-state index is 5.68. The third-order valence-electron chi connectivity index (χ3n) is 10.4. The second-order valence-electron chi connectivity index (χ2n) is 12.3. The quantitative estimate of drug-likeness (QED) is 0.366. The molecule has 0 saturated heterocycles. The lowest BCUT2D eigenvalue weighted by molar-refractivity contribution is 0.0916. The standard InChI is InChI=1S/C32H53N/c1-24(12-10-11-23-33)29-15-6-7-16-30(29)25(2)26-19-21-28(22-20-26)32-18-9-8-17-31(32)27-13-4-3-5-14-27/h10-11,13,19,21,24-26,28-32H,3-9,12,14-18,20,22-23,33H2,1-2H3/b11-10-. The third kappa shape index (κ3) is 6.45. The summed E-state index contributed by atoms with van der Waals surface area (Å²) in [5, 5.41) is 0. The molecule has 0 heterocycles. The smallest absolute Gasteiger partial charge is 0.0106 e. The summed E-state index contributed by atoms with van der Waals surface area (Å²) >= 11 is 0. The van der Waals surface area contributed by atoms with E-state index in [-0.39, 0.29) is 0 Å². The molecule has 8 atom stereocenters. The van der Waals surface area contributed by atoms with Crippen molar-refractivity contribution in [3.63, 3.8) is 0 Å². The normalized spacial score (nSPS) is 37.6. The molecule has 0 spiro atoms. The zero-order valence-electron chi connectivity index (χ0n) is 21.9. The summed E-state index contributed by atoms with van der Waals surface area (Å²) in [5.74, 6) is 6.98. The Bertz CT molecular complexity index is 672. The number of hydrogen-bond acceptors (Lipinski definition) is 1. The van der Waals surface area contributed by atoms with Crippen LogP contribution in [-0.2, 0) is 0 Å². The summed E-state index contributed by atoms with van der Waals surface area (Å²) in [6.07, 6.45) is 34.0. The minimum Gasteiger partial charge on any atom is -0.327 e. The van der Waals surface area contributed by atoms with Gasteiger partial charge in [-0.2, -0.15) is 0 Å². The molecule has 0 bridgehead atoms. The van der Waals surface area contributed by atoms with Crippen LogP contribution in [0.5, 0.6) is 0 Å². The molecule has 2 fully saturated rings. The molecule has 4 aliphatic rings. The predicted octanol–water partition coefficient (Wildman–Crippen LogP) is 8.86. The lowest BCUT2D eigenvalue weighted by Gasteiger charge is -2.44. The average Bonchev–Trinajstić information content (AvgIpc) is 2.89. The first-order valence-electron chi connectivity index (χ1n) is 14.9. The minimum atomic E-state index is 0.685. The number of hydrogen-bond donors (Lipinski definition) is 1. The Kier molecular flexibility index (Phi) is 9.77. The van der Waals surface area contributed by atoms with E-state index in [2.05, 4.69) is 44.2 Å². The van der Waals surface area contributed by atoms with Crippen LogP contribution in [0.1, 0.15) is 110 Å². The molecule has 2 N–H and O–H groups in total. The number of allylic oxidation sites excluding steroid dienone is 5. The predicted molar refractivity (Wildman–Crippen MR) is 144 cm³/mol. The minimum absolute atomic E-state index is 0.685. The summed E-state index contributed by atoms with van der Waals surface area (Å²) in [7, 11) is 0. The van der Waals surface area contributed by atoms with E-state index in [1.165, 1.54) is 96.3 Å². The first kappa shape index (κ1) is 25.3. The van der Waals surface area contributed by atoms with Gasteiger partial charge in [0.15, 0.2) is 0 Å². The van der Waals surface area contributed by atoms with Crippen molar-refractivity contribution in [2.24, 2.45) is 53.1 Å². The number of rotatable bonds is 8. The molecule has 33 heavy (non-hydrogen) atoms. The molecule has 0 aromatic carbocycles. The Morgan fingerprint density at radius 2 is 1.64 bits per heavy atom. The van der Waals surface area contributed by atoms with Crippen LogP contribution in [0.15, 0.2) is 36.0 Å². The highest BCUT2D eigenvalue weighted by molar-refractivity contribution is 5.14. The van der Waals surface area contributed by atoms with Gasteiger partial charge in [0.25, 0.3) is 0 Å². The van der Waals surface area contributed by atoms with Gasteiger partial charge in [0.2, 0.25) is 0 Å². The highest BCUT2D eigenvalue weighted by Gasteiger charge is 2.38. The Hall–Kier alpha value is -0.820. The van der Waals surface area contributed by atoms with Crippen molar-refractivity contribution >= 4 is 0 Å². The highest BCUT2D eigenvalue weighted by Crippen LogP contribution is 2.48. The first-order valence-corrected chi connectivity index (χ1v) is 14.9. The van der Waals surface area contributed by atoms with E-state index in [0.717, 1.165) is 47.3 Å². The van der Waals surface area contributed by atoms with Crippen molar-refractivity contribution in [2.75, 3.05) is 6.54 Å². The fourth-order valence-corrected chi connectivity index (χ4v) is 8.44. The van der Waals surface area contributed by atoms with Crippen LogP contribution in [0.4, 0.5) is 0 Å².